The van der Waals surface area contributed by atoms with Gasteiger partial charge in [-0.3, -0.25) is 0 Å². The highest BCUT2D eigenvalue weighted by Crippen LogP contribution is 2.16. The molecule has 0 saturated heterocycles. The Morgan fingerprint density at radius 2 is 2.08 bits per heavy atom. The molecular weight excluding hydrogens is 153 g/mol. The Morgan fingerprint density at radius 1 is 1.42 bits per heavy atom. The highest BCUT2D eigenvalue weighted by atomic mass is 19.1. The van der Waals surface area contributed by atoms with Crippen molar-refractivity contribution in [2.75, 3.05) is 0 Å². The number of nitriles is 1. The summed E-state index contributed by atoms with van der Waals surface area (Å²) in [7, 11) is 0. The molecule has 0 heterocycles. The summed E-state index contributed by atoms with van der Waals surface area (Å²) in [4.78, 5) is 0. The first kappa shape index (κ1) is 8.73. The van der Waals surface area contributed by atoms with Crippen LogP contribution in [-0.4, -0.2) is 0 Å². The van der Waals surface area contributed by atoms with Gasteiger partial charge in [-0.05, 0) is 37.1 Å². The number of rotatable bonds is 1. The average Bonchev–Trinajstić information content (AvgIpc) is 2.01. The molecule has 1 unspecified atom stereocenters. The monoisotopic (exact) mass is 163 g/mol. The van der Waals surface area contributed by atoms with Crippen LogP contribution in [0.25, 0.3) is 0 Å². The molecule has 0 aliphatic carbocycles. The molecule has 1 rings (SSSR count). The van der Waals surface area contributed by atoms with E-state index in [0.717, 1.165) is 11.1 Å². The predicted molar refractivity (Wildman–Crippen MR) is 45.2 cm³/mol. The first-order chi connectivity index (χ1) is 5.63. The lowest BCUT2D eigenvalue weighted by Crippen LogP contribution is -1.91. The van der Waals surface area contributed by atoms with Crippen molar-refractivity contribution in [3.63, 3.8) is 0 Å². The molecule has 1 aromatic carbocycles. The molecular formula is C10H10FN. The maximum Gasteiger partial charge on any atom is 0.123 e. The third kappa shape index (κ3) is 1.82. The van der Waals surface area contributed by atoms with Crippen LogP contribution in [-0.2, 0) is 0 Å². The second-order valence-electron chi connectivity index (χ2n) is 2.91. The van der Waals surface area contributed by atoms with Crippen LogP contribution in [0.1, 0.15) is 24.0 Å². The van der Waals surface area contributed by atoms with E-state index in [9.17, 15) is 4.39 Å². The Hall–Kier alpha value is -1.36. The zero-order valence-electron chi connectivity index (χ0n) is 7.13. The number of hydrogen-bond acceptors (Lipinski definition) is 1. The molecule has 0 N–H and O–H groups in total. The zero-order chi connectivity index (χ0) is 9.14. The SMILES string of the molecule is Cc1cc(F)cc(C(C)C#N)c1. The molecule has 0 radical (unpaired) electrons. The second kappa shape index (κ2) is 3.36. The summed E-state index contributed by atoms with van der Waals surface area (Å²) in [6, 6.07) is 6.75. The number of aryl methyl sites for hydroxylation is 1. The van der Waals surface area contributed by atoms with Crippen LogP contribution in [0.5, 0.6) is 0 Å². The van der Waals surface area contributed by atoms with Gasteiger partial charge < -0.3 is 0 Å². The van der Waals surface area contributed by atoms with Gasteiger partial charge in [0.05, 0.1) is 12.0 Å². The fourth-order valence-corrected chi connectivity index (χ4v) is 1.09. The van der Waals surface area contributed by atoms with Gasteiger partial charge in [0.1, 0.15) is 5.82 Å². The molecule has 0 aromatic heterocycles. The van der Waals surface area contributed by atoms with E-state index in [1.165, 1.54) is 12.1 Å². The Kier molecular flexibility index (Phi) is 2.44. The van der Waals surface area contributed by atoms with Crippen molar-refractivity contribution in [2.45, 2.75) is 19.8 Å². The largest absolute Gasteiger partial charge is 0.207 e. The predicted octanol–water partition coefficient (Wildman–Crippen LogP) is 2.76. The minimum atomic E-state index is -0.271. The van der Waals surface area contributed by atoms with Crippen LogP contribution >= 0.6 is 0 Å². The van der Waals surface area contributed by atoms with Crippen LogP contribution in [0.2, 0.25) is 0 Å². The standard InChI is InChI=1S/C10H10FN/c1-7-3-9(8(2)6-12)5-10(11)4-7/h3-5,8H,1-2H3. The van der Waals surface area contributed by atoms with Gasteiger partial charge in [0.2, 0.25) is 0 Å². The fraction of sp³-hybridized carbons (Fsp3) is 0.300. The van der Waals surface area contributed by atoms with E-state index in [-0.39, 0.29) is 11.7 Å². The number of hydrogen-bond donors (Lipinski definition) is 0. The highest BCUT2D eigenvalue weighted by molar-refractivity contribution is 5.29. The quantitative estimate of drug-likeness (QED) is 0.624. The maximum absolute atomic E-state index is 12.8. The summed E-state index contributed by atoms with van der Waals surface area (Å²) in [5.41, 5.74) is 1.60. The zero-order valence-corrected chi connectivity index (χ0v) is 7.13. The summed E-state index contributed by atoms with van der Waals surface area (Å²) >= 11 is 0. The van der Waals surface area contributed by atoms with Crippen molar-refractivity contribution in [1.29, 1.82) is 5.26 Å². The van der Waals surface area contributed by atoms with E-state index in [4.69, 9.17) is 5.26 Å². The molecule has 0 aliphatic rings. The smallest absolute Gasteiger partial charge is 0.123 e. The van der Waals surface area contributed by atoms with Crippen LogP contribution in [0.15, 0.2) is 18.2 Å². The Labute approximate surface area is 71.4 Å². The summed E-state index contributed by atoms with van der Waals surface area (Å²) in [6.07, 6.45) is 0. The third-order valence-corrected chi connectivity index (χ3v) is 1.76. The normalized spacial score (nSPS) is 12.2. The highest BCUT2D eigenvalue weighted by Gasteiger charge is 2.05. The Bertz CT molecular complexity index is 305. The maximum atomic E-state index is 12.8. The van der Waals surface area contributed by atoms with Gasteiger partial charge in [-0.1, -0.05) is 6.07 Å². The van der Waals surface area contributed by atoms with Crippen LogP contribution in [0, 0.1) is 24.1 Å². The van der Waals surface area contributed by atoms with Crippen molar-refractivity contribution in [2.24, 2.45) is 0 Å². The molecule has 0 spiro atoms. The van der Waals surface area contributed by atoms with E-state index in [1.54, 1.807) is 6.92 Å². The minimum absolute atomic E-state index is 0.237. The van der Waals surface area contributed by atoms with Gasteiger partial charge in [-0.2, -0.15) is 5.26 Å². The minimum Gasteiger partial charge on any atom is -0.207 e. The topological polar surface area (TPSA) is 23.8 Å². The van der Waals surface area contributed by atoms with Crippen molar-refractivity contribution in [3.8, 4) is 6.07 Å². The molecule has 1 aromatic rings. The van der Waals surface area contributed by atoms with Gasteiger partial charge in [-0.15, -0.1) is 0 Å². The van der Waals surface area contributed by atoms with Crippen LogP contribution < -0.4 is 0 Å². The van der Waals surface area contributed by atoms with Gasteiger partial charge >= 0.3 is 0 Å². The summed E-state index contributed by atoms with van der Waals surface area (Å²) in [6.45, 7) is 3.57. The van der Waals surface area contributed by atoms with E-state index >= 15 is 0 Å². The molecule has 1 atom stereocenters. The first-order valence-electron chi connectivity index (χ1n) is 3.80. The number of nitrogens with zero attached hydrogens (tertiary/aromatic N) is 1. The Balaban J connectivity index is 3.10. The van der Waals surface area contributed by atoms with Crippen molar-refractivity contribution in [3.05, 3.63) is 35.1 Å². The third-order valence-electron chi connectivity index (χ3n) is 1.76. The van der Waals surface area contributed by atoms with E-state index in [2.05, 4.69) is 6.07 Å². The lowest BCUT2D eigenvalue weighted by atomic mass is 10.0. The van der Waals surface area contributed by atoms with E-state index in [0.29, 0.717) is 0 Å². The van der Waals surface area contributed by atoms with Crippen LogP contribution in [0.4, 0.5) is 4.39 Å². The molecule has 62 valence electrons. The molecule has 0 amide bonds. The summed E-state index contributed by atoms with van der Waals surface area (Å²) < 4.78 is 12.8. The Morgan fingerprint density at radius 3 is 2.58 bits per heavy atom. The first-order valence-corrected chi connectivity index (χ1v) is 3.80. The van der Waals surface area contributed by atoms with Gasteiger partial charge in [-0.25, -0.2) is 4.39 Å². The molecule has 0 saturated carbocycles. The lowest BCUT2D eigenvalue weighted by Gasteiger charge is -2.03. The van der Waals surface area contributed by atoms with Gasteiger partial charge in [0.15, 0.2) is 0 Å². The second-order valence-corrected chi connectivity index (χ2v) is 2.91. The van der Waals surface area contributed by atoms with Gasteiger partial charge in [0.25, 0.3) is 0 Å². The molecule has 0 bridgehead atoms. The fourth-order valence-electron chi connectivity index (χ4n) is 1.09. The molecule has 2 heteroatoms. The molecule has 0 aliphatic heterocycles. The number of halogens is 1. The molecule has 1 nitrogen and oxygen atoms in total. The summed E-state index contributed by atoms with van der Waals surface area (Å²) in [5.74, 6) is -0.508. The number of benzene rings is 1. The molecule has 0 fully saturated rings. The summed E-state index contributed by atoms with van der Waals surface area (Å²) in [5, 5.41) is 8.60. The van der Waals surface area contributed by atoms with Crippen molar-refractivity contribution >= 4 is 0 Å². The van der Waals surface area contributed by atoms with Gasteiger partial charge in [0, 0.05) is 0 Å². The van der Waals surface area contributed by atoms with E-state index < -0.39 is 0 Å². The average molecular weight is 163 g/mol. The van der Waals surface area contributed by atoms with Crippen LogP contribution in [0.3, 0.4) is 0 Å². The van der Waals surface area contributed by atoms with Crippen molar-refractivity contribution in [1.82, 2.24) is 0 Å². The van der Waals surface area contributed by atoms with Crippen molar-refractivity contribution < 1.29 is 4.39 Å². The molecule has 12 heavy (non-hydrogen) atoms. The van der Waals surface area contributed by atoms with E-state index in [1.807, 2.05) is 13.0 Å². The lowest BCUT2D eigenvalue weighted by molar-refractivity contribution is 0.623.